The summed E-state index contributed by atoms with van der Waals surface area (Å²) in [4.78, 5) is 0. The van der Waals surface area contributed by atoms with Gasteiger partial charge in [-0.15, -0.1) is 20.4 Å². The van der Waals surface area contributed by atoms with Crippen LogP contribution in [0.15, 0.2) is 59.3 Å². The number of aromatic nitrogens is 6. The number of ether oxygens (including phenoxy) is 1. The minimum atomic E-state index is 0.132. The lowest BCUT2D eigenvalue weighted by Crippen LogP contribution is -2.01. The van der Waals surface area contributed by atoms with E-state index in [-0.39, 0.29) is 6.61 Å². The van der Waals surface area contributed by atoms with Crippen LogP contribution in [0.5, 0.6) is 5.75 Å². The number of aryl methyl sites for hydroxylation is 1. The van der Waals surface area contributed by atoms with E-state index in [1.165, 1.54) is 6.33 Å². The molecule has 27 heavy (non-hydrogen) atoms. The summed E-state index contributed by atoms with van der Waals surface area (Å²) >= 11 is 0. The molecule has 0 spiro atoms. The average molecular weight is 358 g/mol. The lowest BCUT2D eigenvalue weighted by atomic mass is 10.1. The molecular formula is C19H14N6O2. The first-order valence-corrected chi connectivity index (χ1v) is 8.38. The number of fused-ring (bicyclic) bond motifs is 2. The third kappa shape index (κ3) is 2.86. The number of rotatable bonds is 4. The highest BCUT2D eigenvalue weighted by atomic mass is 16.5. The van der Waals surface area contributed by atoms with Crippen LogP contribution in [-0.4, -0.2) is 30.0 Å². The Hall–Kier alpha value is -3.81. The molecule has 0 bridgehead atoms. The van der Waals surface area contributed by atoms with Crippen molar-refractivity contribution < 1.29 is 9.15 Å². The molecule has 0 radical (unpaired) electrons. The molecule has 0 atom stereocenters. The van der Waals surface area contributed by atoms with Gasteiger partial charge in [0.15, 0.2) is 12.4 Å². The van der Waals surface area contributed by atoms with Crippen LogP contribution in [0, 0.1) is 6.92 Å². The second-order valence-electron chi connectivity index (χ2n) is 6.10. The third-order valence-electron chi connectivity index (χ3n) is 4.17. The lowest BCUT2D eigenvalue weighted by molar-refractivity contribution is 0.265. The first kappa shape index (κ1) is 15.4. The lowest BCUT2D eigenvalue weighted by Gasteiger charge is -2.05. The van der Waals surface area contributed by atoms with Crippen LogP contribution >= 0.6 is 0 Å². The summed E-state index contributed by atoms with van der Waals surface area (Å²) in [6, 6.07) is 15.9. The summed E-state index contributed by atoms with van der Waals surface area (Å²) in [5.41, 5.74) is 2.20. The minimum Gasteiger partial charge on any atom is -0.480 e. The molecule has 0 unspecified atom stereocenters. The smallest absolute Gasteiger partial charge is 0.254 e. The Morgan fingerprint density at radius 2 is 1.89 bits per heavy atom. The molecule has 8 nitrogen and oxygen atoms in total. The zero-order valence-electron chi connectivity index (χ0n) is 14.4. The summed E-state index contributed by atoms with van der Waals surface area (Å²) in [6.45, 7) is 2.00. The van der Waals surface area contributed by atoms with Crippen LogP contribution in [0.2, 0.25) is 0 Å². The average Bonchev–Trinajstić information content (AvgIpc) is 3.35. The molecule has 0 aliphatic heterocycles. The van der Waals surface area contributed by atoms with E-state index in [1.54, 1.807) is 10.6 Å². The van der Waals surface area contributed by atoms with Crippen LogP contribution in [0.25, 0.3) is 27.9 Å². The van der Waals surface area contributed by atoms with E-state index < -0.39 is 0 Å². The van der Waals surface area contributed by atoms with Gasteiger partial charge >= 0.3 is 0 Å². The van der Waals surface area contributed by atoms with Gasteiger partial charge in [-0.2, -0.15) is 9.61 Å². The van der Waals surface area contributed by atoms with Crippen LogP contribution in [0.3, 0.4) is 0 Å². The van der Waals surface area contributed by atoms with Gasteiger partial charge in [-0.1, -0.05) is 30.3 Å². The van der Waals surface area contributed by atoms with Crippen molar-refractivity contribution in [1.29, 1.82) is 0 Å². The van der Waals surface area contributed by atoms with E-state index in [0.717, 1.165) is 22.0 Å². The maximum Gasteiger partial charge on any atom is 0.254 e. The molecule has 0 fully saturated rings. The Labute approximate surface area is 153 Å². The second-order valence-corrected chi connectivity index (χ2v) is 6.10. The van der Waals surface area contributed by atoms with Crippen LogP contribution < -0.4 is 4.74 Å². The number of nitrogens with zero attached hydrogens (tertiary/aromatic N) is 6. The largest absolute Gasteiger partial charge is 0.480 e. The van der Waals surface area contributed by atoms with Gasteiger partial charge in [0.1, 0.15) is 6.33 Å². The molecule has 8 heteroatoms. The van der Waals surface area contributed by atoms with E-state index >= 15 is 0 Å². The molecule has 5 rings (SSSR count). The monoisotopic (exact) mass is 358 g/mol. The van der Waals surface area contributed by atoms with Crippen molar-refractivity contribution in [2.45, 2.75) is 13.5 Å². The Morgan fingerprint density at radius 3 is 2.81 bits per heavy atom. The fraction of sp³-hybridized carbons (Fsp3) is 0.105. The highest BCUT2D eigenvalue weighted by Crippen LogP contribution is 2.24. The van der Waals surface area contributed by atoms with Gasteiger partial charge in [0.25, 0.3) is 5.89 Å². The first-order valence-electron chi connectivity index (χ1n) is 8.38. The maximum absolute atomic E-state index is 5.80. The topological polar surface area (TPSA) is 91.2 Å². The highest BCUT2D eigenvalue weighted by Gasteiger charge is 2.12. The molecule has 3 heterocycles. The Kier molecular flexibility index (Phi) is 3.53. The Bertz CT molecular complexity index is 1260. The molecule has 0 aliphatic rings. The Morgan fingerprint density at radius 1 is 1.00 bits per heavy atom. The molecule has 2 aromatic carbocycles. The summed E-state index contributed by atoms with van der Waals surface area (Å²) in [5, 5.41) is 22.6. The molecule has 5 aromatic rings. The molecule has 0 amide bonds. The van der Waals surface area contributed by atoms with Gasteiger partial charge in [-0.05, 0) is 29.8 Å². The molecule has 0 saturated heterocycles. The third-order valence-corrected chi connectivity index (χ3v) is 4.17. The van der Waals surface area contributed by atoms with Crippen molar-refractivity contribution in [3.8, 4) is 17.2 Å². The molecular weight excluding hydrogens is 344 g/mol. The van der Waals surface area contributed by atoms with Gasteiger partial charge in [0.2, 0.25) is 11.5 Å². The summed E-state index contributed by atoms with van der Waals surface area (Å²) in [5.74, 6) is 1.40. The first-order chi connectivity index (χ1) is 13.3. The normalized spacial score (nSPS) is 11.3. The minimum absolute atomic E-state index is 0.132. The summed E-state index contributed by atoms with van der Waals surface area (Å²) in [7, 11) is 0. The predicted octanol–water partition coefficient (Wildman–Crippen LogP) is 3.21. The zero-order chi connectivity index (χ0) is 18.2. The fourth-order valence-electron chi connectivity index (χ4n) is 2.92. The molecule has 132 valence electrons. The summed E-state index contributed by atoms with van der Waals surface area (Å²) in [6.07, 6.45) is 1.53. The number of hydrogen-bond acceptors (Lipinski definition) is 7. The number of hydrogen-bond donors (Lipinski definition) is 0. The number of benzene rings is 2. The predicted molar refractivity (Wildman–Crippen MR) is 97.1 cm³/mol. The van der Waals surface area contributed by atoms with E-state index in [9.17, 15) is 0 Å². The van der Waals surface area contributed by atoms with Crippen LogP contribution in [-0.2, 0) is 6.61 Å². The quantitative estimate of drug-likeness (QED) is 0.487. The van der Waals surface area contributed by atoms with E-state index in [4.69, 9.17) is 9.15 Å². The van der Waals surface area contributed by atoms with Gasteiger partial charge in [0, 0.05) is 11.6 Å². The van der Waals surface area contributed by atoms with Crippen LogP contribution in [0.1, 0.15) is 11.6 Å². The van der Waals surface area contributed by atoms with Crippen LogP contribution in [0.4, 0.5) is 0 Å². The molecule has 0 saturated carbocycles. The zero-order valence-corrected chi connectivity index (χ0v) is 14.4. The highest BCUT2D eigenvalue weighted by molar-refractivity contribution is 5.86. The van der Waals surface area contributed by atoms with Gasteiger partial charge in [0.05, 0.1) is 5.69 Å². The van der Waals surface area contributed by atoms with E-state index in [1.807, 2.05) is 37.3 Å². The molecule has 3 aromatic heterocycles. The van der Waals surface area contributed by atoms with Gasteiger partial charge in [-0.25, -0.2) is 0 Å². The van der Waals surface area contributed by atoms with Gasteiger partial charge < -0.3 is 9.15 Å². The molecule has 0 aliphatic carbocycles. The van der Waals surface area contributed by atoms with Crippen molar-refractivity contribution in [2.75, 3.05) is 0 Å². The van der Waals surface area contributed by atoms with Crippen molar-refractivity contribution in [2.24, 2.45) is 0 Å². The SMILES string of the molecule is Cc1cc(OCc2nnc(-c3ccc4ccccc4c3)o2)c2nncn2n1. The van der Waals surface area contributed by atoms with Gasteiger partial charge in [-0.3, -0.25) is 0 Å². The van der Waals surface area contributed by atoms with Crippen molar-refractivity contribution in [3.05, 3.63) is 66.4 Å². The summed E-state index contributed by atoms with van der Waals surface area (Å²) < 4.78 is 13.1. The fourth-order valence-corrected chi connectivity index (χ4v) is 2.92. The molecule has 0 N–H and O–H groups in total. The van der Waals surface area contributed by atoms with E-state index in [2.05, 4.69) is 37.6 Å². The second kappa shape index (κ2) is 6.17. The standard InChI is InChI=1S/C19H14N6O2/c1-12-8-16(18-22-20-11-25(18)24-12)26-10-17-21-23-19(27-17)15-7-6-13-4-2-3-5-14(13)9-15/h2-9,11H,10H2,1H3. The van der Waals surface area contributed by atoms with E-state index in [0.29, 0.717) is 23.2 Å². The van der Waals surface area contributed by atoms with Crippen molar-refractivity contribution >= 4 is 16.4 Å². The Balaban J connectivity index is 1.39. The van der Waals surface area contributed by atoms with Crippen molar-refractivity contribution in [1.82, 2.24) is 30.0 Å². The van der Waals surface area contributed by atoms with Crippen molar-refractivity contribution in [3.63, 3.8) is 0 Å². The maximum atomic E-state index is 5.80.